The molecule has 6 nitrogen and oxygen atoms in total. The number of hydrogen-bond acceptors (Lipinski definition) is 5. The molecule has 36 heavy (non-hydrogen) atoms. The summed E-state index contributed by atoms with van der Waals surface area (Å²) in [5, 5.41) is 11.5. The Labute approximate surface area is 211 Å². The predicted molar refractivity (Wildman–Crippen MR) is 141 cm³/mol. The summed E-state index contributed by atoms with van der Waals surface area (Å²) in [5.74, 6) is -0.365. The second kappa shape index (κ2) is 9.90. The molecule has 3 aromatic carbocycles. The lowest BCUT2D eigenvalue weighted by atomic mass is 9.94. The molecule has 1 amide bonds. The minimum atomic E-state index is -0.826. The minimum absolute atomic E-state index is 0.000832. The molecule has 1 saturated heterocycles. The first kappa shape index (κ1) is 25.0. The van der Waals surface area contributed by atoms with Gasteiger partial charge in [0.2, 0.25) is 0 Å². The van der Waals surface area contributed by atoms with Crippen molar-refractivity contribution in [3.05, 3.63) is 94.1 Å². The molecule has 0 aliphatic carbocycles. The number of ether oxygens (including phenoxy) is 2. The normalized spacial score (nSPS) is 17.1. The van der Waals surface area contributed by atoms with E-state index >= 15 is 0 Å². The summed E-state index contributed by atoms with van der Waals surface area (Å²) in [5.41, 5.74) is 4.38. The molecule has 6 heteroatoms. The molecule has 4 rings (SSSR count). The maximum absolute atomic E-state index is 13.5. The smallest absolute Gasteiger partial charge is 0.300 e. The van der Waals surface area contributed by atoms with Crippen molar-refractivity contribution < 1.29 is 24.2 Å². The van der Waals surface area contributed by atoms with Gasteiger partial charge in [-0.15, -0.1) is 0 Å². The average Bonchev–Trinajstić information content (AvgIpc) is 3.11. The van der Waals surface area contributed by atoms with Gasteiger partial charge in [0.25, 0.3) is 11.7 Å². The van der Waals surface area contributed by atoms with E-state index in [2.05, 4.69) is 0 Å². The van der Waals surface area contributed by atoms with E-state index in [-0.39, 0.29) is 17.4 Å². The lowest BCUT2D eigenvalue weighted by Crippen LogP contribution is -2.30. The van der Waals surface area contributed by atoms with Crippen LogP contribution < -0.4 is 14.4 Å². The molecule has 1 aliphatic heterocycles. The second-order valence-electron chi connectivity index (χ2n) is 9.38. The maximum Gasteiger partial charge on any atom is 0.300 e. The van der Waals surface area contributed by atoms with Crippen LogP contribution in [0.3, 0.4) is 0 Å². The van der Waals surface area contributed by atoms with Crippen molar-refractivity contribution in [1.29, 1.82) is 0 Å². The quantitative estimate of drug-likeness (QED) is 0.262. The fourth-order valence-electron chi connectivity index (χ4n) is 4.53. The number of anilines is 1. The van der Waals surface area contributed by atoms with Crippen LogP contribution in [0.4, 0.5) is 5.69 Å². The highest BCUT2D eigenvalue weighted by atomic mass is 16.5. The minimum Gasteiger partial charge on any atom is -0.507 e. The molecule has 0 spiro atoms. The van der Waals surface area contributed by atoms with E-state index in [1.165, 1.54) is 4.90 Å². The number of carbonyl (C=O) groups excluding carboxylic acids is 2. The number of nitrogens with zero attached hydrogens (tertiary/aromatic N) is 1. The van der Waals surface area contributed by atoms with Gasteiger partial charge in [-0.1, -0.05) is 24.3 Å². The van der Waals surface area contributed by atoms with Gasteiger partial charge < -0.3 is 14.6 Å². The Bertz CT molecular complexity index is 1370. The van der Waals surface area contributed by atoms with E-state index in [9.17, 15) is 14.7 Å². The third-order valence-electron chi connectivity index (χ3n) is 6.29. The molecule has 3 aromatic rings. The van der Waals surface area contributed by atoms with Crippen molar-refractivity contribution in [3.63, 3.8) is 0 Å². The Kier molecular flexibility index (Phi) is 6.88. The molecule has 0 saturated carbocycles. The summed E-state index contributed by atoms with van der Waals surface area (Å²) in [6, 6.07) is 17.4. The molecule has 186 valence electrons. The molecule has 1 atom stereocenters. The van der Waals surface area contributed by atoms with Crippen molar-refractivity contribution in [2.24, 2.45) is 0 Å². The molecule has 1 heterocycles. The van der Waals surface area contributed by atoms with Crippen LogP contribution >= 0.6 is 0 Å². The van der Waals surface area contributed by atoms with Gasteiger partial charge in [-0.3, -0.25) is 14.5 Å². The largest absolute Gasteiger partial charge is 0.507 e. The Balaban J connectivity index is 1.94. The fourth-order valence-corrected chi connectivity index (χ4v) is 4.53. The number of amides is 1. The molecule has 1 N–H and O–H groups in total. The van der Waals surface area contributed by atoms with E-state index in [1.807, 2.05) is 58.9 Å². The highest BCUT2D eigenvalue weighted by Crippen LogP contribution is 2.44. The van der Waals surface area contributed by atoms with Crippen molar-refractivity contribution in [2.45, 2.75) is 46.8 Å². The van der Waals surface area contributed by atoms with Gasteiger partial charge in [0, 0.05) is 11.3 Å². The average molecular weight is 486 g/mol. The van der Waals surface area contributed by atoms with Crippen LogP contribution in [0.1, 0.15) is 47.7 Å². The molecule has 1 aliphatic rings. The molecule has 0 radical (unpaired) electrons. The van der Waals surface area contributed by atoms with E-state index in [0.717, 1.165) is 16.7 Å². The summed E-state index contributed by atoms with van der Waals surface area (Å²) < 4.78 is 11.2. The summed E-state index contributed by atoms with van der Waals surface area (Å²) in [6.45, 7) is 9.59. The summed E-state index contributed by atoms with van der Waals surface area (Å²) >= 11 is 0. The van der Waals surface area contributed by atoms with Gasteiger partial charge in [-0.05, 0) is 93.3 Å². The van der Waals surface area contributed by atoms with Gasteiger partial charge in [-0.2, -0.15) is 0 Å². The number of ketones is 1. The Morgan fingerprint density at radius 2 is 1.69 bits per heavy atom. The van der Waals surface area contributed by atoms with Gasteiger partial charge in [0.1, 0.15) is 17.3 Å². The number of aryl methyl sites for hydroxylation is 3. The Morgan fingerprint density at radius 1 is 0.944 bits per heavy atom. The van der Waals surface area contributed by atoms with Crippen LogP contribution in [0.2, 0.25) is 0 Å². The highest BCUT2D eigenvalue weighted by Gasteiger charge is 2.47. The highest BCUT2D eigenvalue weighted by molar-refractivity contribution is 6.51. The first-order chi connectivity index (χ1) is 17.1. The third-order valence-corrected chi connectivity index (χ3v) is 6.29. The number of methoxy groups -OCH3 is 1. The molecular formula is C30H31NO5. The van der Waals surface area contributed by atoms with Crippen LogP contribution in [0, 0.1) is 20.8 Å². The monoisotopic (exact) mass is 485 g/mol. The second-order valence-corrected chi connectivity index (χ2v) is 9.38. The van der Waals surface area contributed by atoms with E-state index in [4.69, 9.17) is 9.47 Å². The summed E-state index contributed by atoms with van der Waals surface area (Å²) in [4.78, 5) is 28.4. The third kappa shape index (κ3) is 4.59. The lowest BCUT2D eigenvalue weighted by molar-refractivity contribution is -0.132. The standard InChI is InChI=1S/C30H31NO5/c1-17(2)36-25-13-12-22(15-20(25)5)28(32)26-27(21-8-7-9-23(16-21)35-6)31(30(34)29(26)33)24-14-18(3)10-11-19(24)4/h7-17,27,32H,1-6H3/b28-26+. The van der Waals surface area contributed by atoms with Crippen molar-refractivity contribution >= 4 is 23.1 Å². The van der Waals surface area contributed by atoms with Crippen LogP contribution in [-0.2, 0) is 9.59 Å². The van der Waals surface area contributed by atoms with E-state index in [0.29, 0.717) is 28.3 Å². The Hall–Kier alpha value is -4.06. The van der Waals surface area contributed by atoms with Gasteiger partial charge >= 0.3 is 0 Å². The van der Waals surface area contributed by atoms with Crippen molar-refractivity contribution in [3.8, 4) is 11.5 Å². The zero-order valence-corrected chi connectivity index (χ0v) is 21.5. The van der Waals surface area contributed by atoms with Crippen LogP contribution in [0.5, 0.6) is 11.5 Å². The predicted octanol–water partition coefficient (Wildman–Crippen LogP) is 6.03. The Morgan fingerprint density at radius 3 is 2.36 bits per heavy atom. The lowest BCUT2D eigenvalue weighted by Gasteiger charge is -2.27. The number of Topliss-reactive ketones (excluding diaryl/α,β-unsaturated/α-hetero) is 1. The van der Waals surface area contributed by atoms with E-state index < -0.39 is 17.7 Å². The van der Waals surface area contributed by atoms with Crippen LogP contribution in [0.15, 0.2) is 66.2 Å². The summed E-state index contributed by atoms with van der Waals surface area (Å²) in [7, 11) is 1.56. The van der Waals surface area contributed by atoms with Crippen molar-refractivity contribution in [2.75, 3.05) is 12.0 Å². The number of benzene rings is 3. The fraction of sp³-hybridized carbons (Fsp3) is 0.267. The SMILES string of the molecule is COc1cccc(C2/C(=C(\O)c3ccc(OC(C)C)c(C)c3)C(=O)C(=O)N2c2cc(C)ccc2C)c1. The van der Waals surface area contributed by atoms with Gasteiger partial charge in [0.05, 0.1) is 24.8 Å². The molecule has 1 unspecified atom stereocenters. The maximum atomic E-state index is 13.5. The van der Waals surface area contributed by atoms with Crippen LogP contribution in [-0.4, -0.2) is 30.0 Å². The van der Waals surface area contributed by atoms with Gasteiger partial charge in [-0.25, -0.2) is 0 Å². The number of carbonyl (C=O) groups is 2. The molecule has 1 fully saturated rings. The zero-order chi connectivity index (χ0) is 26.1. The zero-order valence-electron chi connectivity index (χ0n) is 21.5. The number of aliphatic hydroxyl groups is 1. The number of hydrogen-bond donors (Lipinski definition) is 1. The molecule has 0 aromatic heterocycles. The number of aliphatic hydroxyl groups excluding tert-OH is 1. The first-order valence-corrected chi connectivity index (χ1v) is 11.9. The molecule has 0 bridgehead atoms. The molecular weight excluding hydrogens is 454 g/mol. The summed E-state index contributed by atoms with van der Waals surface area (Å²) in [6.07, 6.45) is -0.000832. The van der Waals surface area contributed by atoms with Crippen LogP contribution in [0.25, 0.3) is 5.76 Å². The van der Waals surface area contributed by atoms with Gasteiger partial charge in [0.15, 0.2) is 0 Å². The first-order valence-electron chi connectivity index (χ1n) is 11.9. The van der Waals surface area contributed by atoms with Crippen molar-refractivity contribution in [1.82, 2.24) is 0 Å². The topological polar surface area (TPSA) is 76.1 Å². The van der Waals surface area contributed by atoms with E-state index in [1.54, 1.807) is 43.5 Å². The number of rotatable bonds is 6.